The van der Waals surface area contributed by atoms with Crippen LogP contribution in [0.15, 0.2) is 24.4 Å². The molecule has 0 saturated carbocycles. The van der Waals surface area contributed by atoms with Crippen molar-refractivity contribution in [1.29, 1.82) is 0 Å². The molecule has 0 fully saturated rings. The molecule has 5 heteroatoms. The molecule has 1 aromatic heterocycles. The van der Waals surface area contributed by atoms with Gasteiger partial charge in [0.1, 0.15) is 0 Å². The van der Waals surface area contributed by atoms with Gasteiger partial charge in [0.2, 0.25) is 0 Å². The highest BCUT2D eigenvalue weighted by molar-refractivity contribution is 5.32. The molecule has 1 aromatic carbocycles. The van der Waals surface area contributed by atoms with Gasteiger partial charge in [-0.2, -0.15) is 10.2 Å². The van der Waals surface area contributed by atoms with Gasteiger partial charge in [-0.15, -0.1) is 4.80 Å². The van der Waals surface area contributed by atoms with Crippen LogP contribution >= 0.6 is 0 Å². The molecule has 0 N–H and O–H groups in total. The van der Waals surface area contributed by atoms with Gasteiger partial charge >= 0.3 is 0 Å². The quantitative estimate of drug-likeness (QED) is 0.695. The Morgan fingerprint density at radius 3 is 2.36 bits per heavy atom. The second-order valence-corrected chi connectivity index (χ2v) is 2.85. The summed E-state index contributed by atoms with van der Waals surface area (Å²) in [5, 5.41) is 7.56. The van der Waals surface area contributed by atoms with Crippen LogP contribution in [0.2, 0.25) is 0 Å². The Hall–Kier alpha value is -1.78. The lowest BCUT2D eigenvalue weighted by atomic mass is 10.3. The predicted octanol–water partition coefficient (Wildman–Crippen LogP) is 1.85. The van der Waals surface area contributed by atoms with E-state index < -0.39 is 11.6 Å². The van der Waals surface area contributed by atoms with Gasteiger partial charge in [-0.1, -0.05) is 6.07 Å². The number of hydrogen-bond acceptors (Lipinski definition) is 2. The number of para-hydroxylation sites is 1. The Balaban J connectivity index is 2.61. The molecule has 2 rings (SSSR count). The van der Waals surface area contributed by atoms with Crippen molar-refractivity contribution < 1.29 is 8.78 Å². The van der Waals surface area contributed by atoms with Crippen molar-refractivity contribution >= 4 is 0 Å². The van der Waals surface area contributed by atoms with Gasteiger partial charge in [-0.05, 0) is 19.1 Å². The van der Waals surface area contributed by atoms with Crippen LogP contribution in [0.5, 0.6) is 0 Å². The van der Waals surface area contributed by atoms with E-state index in [9.17, 15) is 8.78 Å². The Bertz CT molecular complexity index is 445. The van der Waals surface area contributed by atoms with E-state index in [2.05, 4.69) is 10.2 Å². The highest BCUT2D eigenvalue weighted by Crippen LogP contribution is 2.15. The maximum absolute atomic E-state index is 13.2. The van der Waals surface area contributed by atoms with Crippen LogP contribution in [0.1, 0.15) is 5.69 Å². The summed E-state index contributed by atoms with van der Waals surface area (Å²) in [4.78, 5) is 0.944. The zero-order valence-corrected chi connectivity index (χ0v) is 7.41. The number of aryl methyl sites for hydroxylation is 1. The summed E-state index contributed by atoms with van der Waals surface area (Å²) in [5.41, 5.74) is 0.355. The fraction of sp³-hybridized carbons (Fsp3) is 0.111. The standard InChI is InChI=1S/C9H7F2N3/c1-6-5-12-14(13-6)9-7(10)3-2-4-8(9)11/h2-5H,1H3. The number of nitrogens with zero attached hydrogens (tertiary/aromatic N) is 3. The number of benzene rings is 1. The second-order valence-electron chi connectivity index (χ2n) is 2.85. The predicted molar refractivity (Wildman–Crippen MR) is 46.0 cm³/mol. The van der Waals surface area contributed by atoms with Crippen LogP contribution in [-0.2, 0) is 0 Å². The molecule has 1 heterocycles. The minimum atomic E-state index is -0.680. The third-order valence-electron chi connectivity index (χ3n) is 1.74. The van der Waals surface area contributed by atoms with Gasteiger partial charge in [0.15, 0.2) is 17.3 Å². The van der Waals surface area contributed by atoms with Crippen molar-refractivity contribution in [3.05, 3.63) is 41.7 Å². The maximum atomic E-state index is 13.2. The van der Waals surface area contributed by atoms with Gasteiger partial charge in [-0.25, -0.2) is 8.78 Å². The smallest absolute Gasteiger partial charge is 0.157 e. The van der Waals surface area contributed by atoms with Crippen molar-refractivity contribution in [2.45, 2.75) is 6.92 Å². The highest BCUT2D eigenvalue weighted by Gasteiger charge is 2.11. The van der Waals surface area contributed by atoms with Gasteiger partial charge in [0.25, 0.3) is 0 Å². The molecule has 0 bridgehead atoms. The number of aromatic nitrogens is 3. The first-order chi connectivity index (χ1) is 6.68. The van der Waals surface area contributed by atoms with E-state index in [0.717, 1.165) is 16.9 Å². The van der Waals surface area contributed by atoms with Crippen LogP contribution in [0.3, 0.4) is 0 Å². The fourth-order valence-corrected chi connectivity index (χ4v) is 1.13. The van der Waals surface area contributed by atoms with Crippen LogP contribution in [0, 0.1) is 18.6 Å². The molecular weight excluding hydrogens is 188 g/mol. The Morgan fingerprint density at radius 2 is 1.86 bits per heavy atom. The Kier molecular flexibility index (Phi) is 1.99. The van der Waals surface area contributed by atoms with Crippen LogP contribution < -0.4 is 0 Å². The summed E-state index contributed by atoms with van der Waals surface area (Å²) in [6.07, 6.45) is 1.44. The molecule has 3 nitrogen and oxygen atoms in total. The zero-order valence-electron chi connectivity index (χ0n) is 7.41. The molecule has 0 aliphatic heterocycles. The molecule has 0 saturated heterocycles. The molecule has 72 valence electrons. The van der Waals surface area contributed by atoms with E-state index in [1.807, 2.05) is 0 Å². The second kappa shape index (κ2) is 3.17. The van der Waals surface area contributed by atoms with E-state index in [0.29, 0.717) is 5.69 Å². The first-order valence-electron chi connectivity index (χ1n) is 4.02. The van der Waals surface area contributed by atoms with Gasteiger partial charge < -0.3 is 0 Å². The molecule has 0 unspecified atom stereocenters. The minimum absolute atomic E-state index is 0.249. The van der Waals surface area contributed by atoms with E-state index in [1.54, 1.807) is 6.92 Å². The first-order valence-corrected chi connectivity index (χ1v) is 4.02. The number of hydrogen-bond donors (Lipinski definition) is 0. The molecular formula is C9H7F2N3. The van der Waals surface area contributed by atoms with Crippen LogP contribution in [-0.4, -0.2) is 15.0 Å². The topological polar surface area (TPSA) is 30.7 Å². The third kappa shape index (κ3) is 1.37. The first kappa shape index (κ1) is 8.80. The summed E-state index contributed by atoms with van der Waals surface area (Å²) in [7, 11) is 0. The summed E-state index contributed by atoms with van der Waals surface area (Å²) >= 11 is 0. The fourth-order valence-electron chi connectivity index (χ4n) is 1.13. The number of rotatable bonds is 1. The van der Waals surface area contributed by atoms with Crippen molar-refractivity contribution in [2.24, 2.45) is 0 Å². The summed E-state index contributed by atoms with van der Waals surface area (Å²) < 4.78 is 26.4. The van der Waals surface area contributed by atoms with E-state index in [-0.39, 0.29) is 5.69 Å². The average Bonchev–Trinajstić information content (AvgIpc) is 2.51. The molecule has 0 aliphatic carbocycles. The molecule has 0 radical (unpaired) electrons. The molecule has 0 aliphatic rings. The molecule has 0 atom stereocenters. The largest absolute Gasteiger partial charge is 0.204 e. The lowest BCUT2D eigenvalue weighted by Crippen LogP contribution is -2.04. The maximum Gasteiger partial charge on any atom is 0.157 e. The number of halogens is 2. The normalized spacial score (nSPS) is 10.5. The monoisotopic (exact) mass is 195 g/mol. The molecule has 0 amide bonds. The molecule has 0 spiro atoms. The van der Waals surface area contributed by atoms with Crippen molar-refractivity contribution in [3.8, 4) is 5.69 Å². The highest BCUT2D eigenvalue weighted by atomic mass is 19.1. The van der Waals surface area contributed by atoms with E-state index >= 15 is 0 Å². The van der Waals surface area contributed by atoms with E-state index in [1.165, 1.54) is 12.3 Å². The molecule has 2 aromatic rings. The average molecular weight is 195 g/mol. The SMILES string of the molecule is Cc1cnn(-c2c(F)cccc2F)n1. The van der Waals surface area contributed by atoms with E-state index in [4.69, 9.17) is 0 Å². The summed E-state index contributed by atoms with van der Waals surface area (Å²) in [6.45, 7) is 1.70. The Labute approximate surface area is 79.0 Å². The molecule has 14 heavy (non-hydrogen) atoms. The Morgan fingerprint density at radius 1 is 1.21 bits per heavy atom. The van der Waals surface area contributed by atoms with Gasteiger partial charge in [0, 0.05) is 0 Å². The third-order valence-corrected chi connectivity index (χ3v) is 1.74. The zero-order chi connectivity index (χ0) is 10.1. The van der Waals surface area contributed by atoms with Gasteiger partial charge in [-0.3, -0.25) is 0 Å². The van der Waals surface area contributed by atoms with Crippen molar-refractivity contribution in [1.82, 2.24) is 15.0 Å². The van der Waals surface area contributed by atoms with Crippen LogP contribution in [0.25, 0.3) is 5.69 Å². The van der Waals surface area contributed by atoms with Crippen LogP contribution in [0.4, 0.5) is 8.78 Å². The summed E-state index contributed by atoms with van der Waals surface area (Å²) in [6, 6.07) is 3.62. The summed E-state index contributed by atoms with van der Waals surface area (Å²) in [5.74, 6) is -1.36. The van der Waals surface area contributed by atoms with Crippen molar-refractivity contribution in [2.75, 3.05) is 0 Å². The van der Waals surface area contributed by atoms with Crippen molar-refractivity contribution in [3.63, 3.8) is 0 Å². The van der Waals surface area contributed by atoms with Gasteiger partial charge in [0.05, 0.1) is 11.9 Å². The minimum Gasteiger partial charge on any atom is -0.204 e. The lowest BCUT2D eigenvalue weighted by Gasteiger charge is -2.01. The lowest BCUT2D eigenvalue weighted by molar-refractivity contribution is 0.544.